The van der Waals surface area contributed by atoms with Crippen molar-refractivity contribution in [3.05, 3.63) is 71.8 Å². The highest BCUT2D eigenvalue weighted by Gasteiger charge is 2.42. The van der Waals surface area contributed by atoms with Crippen LogP contribution in [0.2, 0.25) is 0 Å². The summed E-state index contributed by atoms with van der Waals surface area (Å²) in [5.74, 6) is 3.21. The van der Waals surface area contributed by atoms with Crippen molar-refractivity contribution in [3.63, 3.8) is 0 Å². The first-order valence-electron chi connectivity index (χ1n) is 7.97. The monoisotopic (exact) mass is 292 g/mol. The Kier molecular flexibility index (Phi) is 3.59. The number of ether oxygens (including phenoxy) is 2. The Balaban J connectivity index is 1.24. The molecule has 0 amide bonds. The van der Waals surface area contributed by atoms with E-state index in [9.17, 15) is 0 Å². The molecule has 0 N–H and O–H groups in total. The van der Waals surface area contributed by atoms with Gasteiger partial charge in [0.2, 0.25) is 0 Å². The Hall–Kier alpha value is -2.22. The summed E-state index contributed by atoms with van der Waals surface area (Å²) >= 11 is 0. The van der Waals surface area contributed by atoms with Gasteiger partial charge in [0, 0.05) is 11.8 Å². The van der Waals surface area contributed by atoms with Crippen molar-refractivity contribution in [1.29, 1.82) is 0 Å². The molecule has 2 saturated carbocycles. The van der Waals surface area contributed by atoms with E-state index in [0.29, 0.717) is 11.8 Å². The van der Waals surface area contributed by atoms with Crippen molar-refractivity contribution < 1.29 is 9.47 Å². The first-order chi connectivity index (χ1) is 10.9. The minimum atomic E-state index is 0.636. The molecule has 4 rings (SSSR count). The zero-order valence-corrected chi connectivity index (χ0v) is 12.6. The largest absolute Gasteiger partial charge is 0.493 e. The highest BCUT2D eigenvalue weighted by atomic mass is 16.5. The number of hydrogen-bond donors (Lipinski definition) is 0. The lowest BCUT2D eigenvalue weighted by atomic mass is 10.3. The molecule has 2 heteroatoms. The molecule has 112 valence electrons. The summed E-state index contributed by atoms with van der Waals surface area (Å²) in [5, 5.41) is 0. The number of benzene rings is 2. The van der Waals surface area contributed by atoms with Gasteiger partial charge in [-0.1, -0.05) is 47.5 Å². The standard InChI is InChI=1S/C20H20O2/c1-3-7-17(8-4-1)21-13-15-11-19(15)20-12-16(20)14-22-18-9-5-2-6-10-18/h1-10,15-16H,11-14H2/b20-19-. The third-order valence-corrected chi connectivity index (χ3v) is 4.40. The molecule has 0 saturated heterocycles. The number of hydrogen-bond acceptors (Lipinski definition) is 2. The van der Waals surface area contributed by atoms with Crippen LogP contribution in [0.3, 0.4) is 0 Å². The van der Waals surface area contributed by atoms with Crippen LogP contribution >= 0.6 is 0 Å². The van der Waals surface area contributed by atoms with Crippen molar-refractivity contribution >= 4 is 0 Å². The summed E-state index contributed by atoms with van der Waals surface area (Å²) in [6.45, 7) is 1.63. The first kappa shape index (κ1) is 13.4. The summed E-state index contributed by atoms with van der Waals surface area (Å²) in [6, 6.07) is 20.1. The third-order valence-electron chi connectivity index (χ3n) is 4.40. The highest BCUT2D eigenvalue weighted by molar-refractivity contribution is 5.40. The Labute approximate surface area is 131 Å². The van der Waals surface area contributed by atoms with E-state index in [1.165, 1.54) is 12.8 Å². The van der Waals surface area contributed by atoms with Gasteiger partial charge in [0.25, 0.3) is 0 Å². The van der Waals surface area contributed by atoms with Crippen LogP contribution in [-0.2, 0) is 0 Å². The van der Waals surface area contributed by atoms with Gasteiger partial charge in [-0.2, -0.15) is 0 Å². The van der Waals surface area contributed by atoms with E-state index in [2.05, 4.69) is 0 Å². The van der Waals surface area contributed by atoms with Crippen molar-refractivity contribution in [1.82, 2.24) is 0 Å². The van der Waals surface area contributed by atoms with E-state index < -0.39 is 0 Å². The van der Waals surface area contributed by atoms with Gasteiger partial charge in [-0.25, -0.2) is 0 Å². The predicted molar refractivity (Wildman–Crippen MR) is 87.1 cm³/mol. The van der Waals surface area contributed by atoms with Crippen molar-refractivity contribution in [2.45, 2.75) is 12.8 Å². The maximum Gasteiger partial charge on any atom is 0.119 e. The topological polar surface area (TPSA) is 18.5 Å². The molecular formula is C20H20O2. The van der Waals surface area contributed by atoms with Crippen molar-refractivity contribution in [2.24, 2.45) is 11.8 Å². The molecule has 2 fully saturated rings. The van der Waals surface area contributed by atoms with Crippen LogP contribution in [0.4, 0.5) is 0 Å². The molecule has 2 unspecified atom stereocenters. The van der Waals surface area contributed by atoms with Gasteiger partial charge < -0.3 is 9.47 Å². The molecular weight excluding hydrogens is 272 g/mol. The highest BCUT2D eigenvalue weighted by Crippen LogP contribution is 2.52. The van der Waals surface area contributed by atoms with Gasteiger partial charge in [-0.05, 0) is 37.1 Å². The first-order valence-corrected chi connectivity index (χ1v) is 7.97. The average Bonchev–Trinajstić information content (AvgIpc) is 3.47. The van der Waals surface area contributed by atoms with Crippen molar-refractivity contribution in [2.75, 3.05) is 13.2 Å². The van der Waals surface area contributed by atoms with E-state index in [1.807, 2.05) is 60.7 Å². The summed E-state index contributed by atoms with van der Waals surface area (Å²) in [5.41, 5.74) is 3.25. The van der Waals surface area contributed by atoms with Gasteiger partial charge in [0.15, 0.2) is 0 Å². The second-order valence-electron chi connectivity index (χ2n) is 6.10. The van der Waals surface area contributed by atoms with E-state index in [1.54, 1.807) is 11.1 Å². The second kappa shape index (κ2) is 5.88. The minimum absolute atomic E-state index is 0.636. The molecule has 22 heavy (non-hydrogen) atoms. The molecule has 2 atom stereocenters. The minimum Gasteiger partial charge on any atom is -0.493 e. The fourth-order valence-electron chi connectivity index (χ4n) is 2.95. The van der Waals surface area contributed by atoms with E-state index in [-0.39, 0.29) is 0 Å². The third kappa shape index (κ3) is 3.16. The van der Waals surface area contributed by atoms with Gasteiger partial charge in [0.05, 0.1) is 13.2 Å². The number of para-hydroxylation sites is 2. The summed E-state index contributed by atoms with van der Waals surface area (Å²) < 4.78 is 11.7. The molecule has 0 aliphatic heterocycles. The fourth-order valence-corrected chi connectivity index (χ4v) is 2.95. The van der Waals surface area contributed by atoms with Crippen LogP contribution in [0.1, 0.15) is 12.8 Å². The molecule has 0 aromatic heterocycles. The lowest BCUT2D eigenvalue weighted by molar-refractivity contribution is 0.302. The molecule has 0 radical (unpaired) electrons. The fraction of sp³-hybridized carbons (Fsp3) is 0.300. The van der Waals surface area contributed by atoms with Crippen LogP contribution < -0.4 is 9.47 Å². The Morgan fingerprint density at radius 2 is 1.05 bits per heavy atom. The Morgan fingerprint density at radius 3 is 1.45 bits per heavy atom. The molecule has 2 aromatic carbocycles. The summed E-state index contributed by atoms with van der Waals surface area (Å²) in [7, 11) is 0. The molecule has 2 nitrogen and oxygen atoms in total. The predicted octanol–water partition coefficient (Wildman–Crippen LogP) is 4.48. The van der Waals surface area contributed by atoms with Gasteiger partial charge in [0.1, 0.15) is 11.5 Å². The van der Waals surface area contributed by atoms with Crippen LogP contribution in [0, 0.1) is 11.8 Å². The van der Waals surface area contributed by atoms with E-state index in [4.69, 9.17) is 9.47 Å². The Morgan fingerprint density at radius 1 is 0.636 bits per heavy atom. The maximum atomic E-state index is 5.84. The summed E-state index contributed by atoms with van der Waals surface area (Å²) in [6.07, 6.45) is 2.42. The zero-order valence-electron chi connectivity index (χ0n) is 12.6. The van der Waals surface area contributed by atoms with Crippen LogP contribution in [0.15, 0.2) is 71.8 Å². The van der Waals surface area contributed by atoms with Crippen LogP contribution in [0.25, 0.3) is 0 Å². The normalized spacial score (nSPS) is 25.6. The number of rotatable bonds is 6. The molecule has 0 heterocycles. The molecule has 2 aromatic rings. The molecule has 2 aliphatic rings. The van der Waals surface area contributed by atoms with Gasteiger partial charge in [-0.3, -0.25) is 0 Å². The molecule has 2 aliphatic carbocycles. The van der Waals surface area contributed by atoms with Gasteiger partial charge >= 0.3 is 0 Å². The second-order valence-corrected chi connectivity index (χ2v) is 6.10. The zero-order chi connectivity index (χ0) is 14.8. The quantitative estimate of drug-likeness (QED) is 0.731. The average molecular weight is 292 g/mol. The van der Waals surface area contributed by atoms with Gasteiger partial charge in [-0.15, -0.1) is 0 Å². The van der Waals surface area contributed by atoms with Crippen molar-refractivity contribution in [3.8, 4) is 11.5 Å². The smallest absolute Gasteiger partial charge is 0.119 e. The molecule has 0 bridgehead atoms. The maximum absolute atomic E-state index is 5.84. The molecule has 0 spiro atoms. The van der Waals surface area contributed by atoms with E-state index in [0.717, 1.165) is 24.7 Å². The SMILES string of the molecule is c1ccc(OCC2C/C2=C2\CC2COc2ccccc2)cc1. The lowest BCUT2D eigenvalue weighted by Crippen LogP contribution is -2.00. The Bertz CT molecular complexity index is 601. The summed E-state index contributed by atoms with van der Waals surface area (Å²) in [4.78, 5) is 0. The lowest BCUT2D eigenvalue weighted by Gasteiger charge is -2.04. The van der Waals surface area contributed by atoms with E-state index >= 15 is 0 Å². The van der Waals surface area contributed by atoms with Crippen LogP contribution in [-0.4, -0.2) is 13.2 Å². The van der Waals surface area contributed by atoms with Crippen LogP contribution in [0.5, 0.6) is 11.5 Å².